The predicted molar refractivity (Wildman–Crippen MR) is 92.3 cm³/mol. The molecule has 0 radical (unpaired) electrons. The van der Waals surface area contributed by atoms with Crippen LogP contribution in [0.25, 0.3) is 0 Å². The number of aromatic nitrogens is 3. The zero-order chi connectivity index (χ0) is 18.0. The Kier molecular flexibility index (Phi) is 4.80. The van der Waals surface area contributed by atoms with E-state index >= 15 is 0 Å². The van der Waals surface area contributed by atoms with Crippen molar-refractivity contribution in [3.05, 3.63) is 62.7 Å². The number of carbonyl (C=O) groups excluding carboxylic acids is 1. The molecular formula is C17H21N5O3. The van der Waals surface area contributed by atoms with Gasteiger partial charge in [-0.2, -0.15) is 0 Å². The van der Waals surface area contributed by atoms with Gasteiger partial charge in [-0.15, -0.1) is 0 Å². The van der Waals surface area contributed by atoms with Crippen molar-refractivity contribution < 1.29 is 4.79 Å². The number of hydrogen-bond donors (Lipinski definition) is 0. The fraction of sp³-hybridized carbons (Fsp3) is 0.412. The Balaban J connectivity index is 1.68. The first-order valence-electron chi connectivity index (χ1n) is 8.15. The average molecular weight is 343 g/mol. The Bertz CT molecular complexity index is 879. The van der Waals surface area contributed by atoms with E-state index in [1.165, 1.54) is 24.7 Å². The van der Waals surface area contributed by atoms with E-state index in [-0.39, 0.29) is 11.6 Å². The van der Waals surface area contributed by atoms with E-state index in [4.69, 9.17) is 0 Å². The molecule has 3 rings (SSSR count). The quantitative estimate of drug-likeness (QED) is 0.746. The fourth-order valence-corrected chi connectivity index (χ4v) is 2.96. The van der Waals surface area contributed by atoms with E-state index in [0.717, 1.165) is 29.8 Å². The molecule has 0 atom stereocenters. The molecule has 0 aromatic carbocycles. The minimum atomic E-state index is -0.494. The summed E-state index contributed by atoms with van der Waals surface area (Å²) in [6.07, 6.45) is 3.58. The van der Waals surface area contributed by atoms with Crippen LogP contribution >= 0.6 is 0 Å². The van der Waals surface area contributed by atoms with Crippen molar-refractivity contribution >= 4 is 5.91 Å². The molecule has 1 fully saturated rings. The third-order valence-corrected chi connectivity index (χ3v) is 4.53. The number of hydrogen-bond acceptors (Lipinski definition) is 5. The van der Waals surface area contributed by atoms with Gasteiger partial charge in [0, 0.05) is 65.3 Å². The van der Waals surface area contributed by atoms with Crippen LogP contribution < -0.4 is 11.2 Å². The molecule has 0 N–H and O–H groups in total. The largest absolute Gasteiger partial charge is 0.335 e. The van der Waals surface area contributed by atoms with Gasteiger partial charge in [0.25, 0.3) is 11.5 Å². The zero-order valence-electron chi connectivity index (χ0n) is 14.4. The van der Waals surface area contributed by atoms with E-state index < -0.39 is 11.2 Å². The second-order valence-corrected chi connectivity index (χ2v) is 6.20. The van der Waals surface area contributed by atoms with Crippen LogP contribution in [0, 0.1) is 0 Å². The lowest BCUT2D eigenvalue weighted by molar-refractivity contribution is 0.0616. The molecule has 25 heavy (non-hydrogen) atoms. The molecule has 0 aliphatic carbocycles. The molecule has 2 aromatic rings. The molecular weight excluding hydrogens is 322 g/mol. The van der Waals surface area contributed by atoms with Crippen molar-refractivity contribution in [3.63, 3.8) is 0 Å². The summed E-state index contributed by atoms with van der Waals surface area (Å²) in [7, 11) is 2.91. The van der Waals surface area contributed by atoms with Gasteiger partial charge in [0.2, 0.25) is 0 Å². The van der Waals surface area contributed by atoms with Crippen molar-refractivity contribution in [2.24, 2.45) is 14.1 Å². The normalized spacial score (nSPS) is 15.4. The molecule has 8 nitrogen and oxygen atoms in total. The highest BCUT2D eigenvalue weighted by Gasteiger charge is 2.24. The molecule has 1 aliphatic rings. The van der Waals surface area contributed by atoms with Gasteiger partial charge in [-0.05, 0) is 11.6 Å². The van der Waals surface area contributed by atoms with Crippen LogP contribution in [0.2, 0.25) is 0 Å². The molecule has 0 unspecified atom stereocenters. The Labute approximate surface area is 144 Å². The van der Waals surface area contributed by atoms with Crippen LogP contribution in [-0.4, -0.2) is 56.0 Å². The molecule has 1 saturated heterocycles. The Morgan fingerprint density at radius 3 is 2.48 bits per heavy atom. The van der Waals surface area contributed by atoms with Crippen molar-refractivity contribution in [2.45, 2.75) is 6.54 Å². The smallest absolute Gasteiger partial charge is 0.331 e. The lowest BCUT2D eigenvalue weighted by Gasteiger charge is -2.34. The summed E-state index contributed by atoms with van der Waals surface area (Å²) < 4.78 is 2.22. The van der Waals surface area contributed by atoms with Crippen molar-refractivity contribution in [1.82, 2.24) is 23.9 Å². The van der Waals surface area contributed by atoms with Crippen molar-refractivity contribution in [1.29, 1.82) is 0 Å². The molecule has 3 heterocycles. The standard InChI is InChI=1S/C17H21N5O3/c1-19-14(10-15(23)20(2)17(19)25)16(24)22-8-6-21(7-9-22)12-13-4-3-5-18-11-13/h3-5,10-11H,6-9,12H2,1-2H3. The summed E-state index contributed by atoms with van der Waals surface area (Å²) in [6.45, 7) is 3.38. The van der Waals surface area contributed by atoms with E-state index in [1.807, 2.05) is 18.3 Å². The zero-order valence-corrected chi connectivity index (χ0v) is 14.4. The van der Waals surface area contributed by atoms with Gasteiger partial charge in [0.15, 0.2) is 0 Å². The van der Waals surface area contributed by atoms with Crippen molar-refractivity contribution in [2.75, 3.05) is 26.2 Å². The Morgan fingerprint density at radius 1 is 1.12 bits per heavy atom. The van der Waals surface area contributed by atoms with Gasteiger partial charge in [0.1, 0.15) is 5.69 Å². The van der Waals surface area contributed by atoms with Gasteiger partial charge in [-0.25, -0.2) is 4.79 Å². The van der Waals surface area contributed by atoms with Gasteiger partial charge in [-0.3, -0.25) is 28.6 Å². The van der Waals surface area contributed by atoms with Crippen LogP contribution in [-0.2, 0) is 20.6 Å². The Hall–Kier alpha value is -2.74. The highest BCUT2D eigenvalue weighted by molar-refractivity contribution is 5.92. The highest BCUT2D eigenvalue weighted by atomic mass is 16.2. The van der Waals surface area contributed by atoms with Gasteiger partial charge in [-0.1, -0.05) is 6.07 Å². The van der Waals surface area contributed by atoms with E-state index in [1.54, 1.807) is 11.1 Å². The summed E-state index contributed by atoms with van der Waals surface area (Å²) >= 11 is 0. The first-order chi connectivity index (χ1) is 12.0. The van der Waals surface area contributed by atoms with Gasteiger partial charge >= 0.3 is 5.69 Å². The molecule has 132 valence electrons. The first kappa shape index (κ1) is 17.1. The van der Waals surface area contributed by atoms with E-state index in [9.17, 15) is 14.4 Å². The summed E-state index contributed by atoms with van der Waals surface area (Å²) in [6, 6.07) is 5.16. The number of piperazine rings is 1. The number of pyridine rings is 1. The second kappa shape index (κ2) is 7.02. The van der Waals surface area contributed by atoms with E-state index in [2.05, 4.69) is 9.88 Å². The molecule has 8 heteroatoms. The number of rotatable bonds is 3. The lowest BCUT2D eigenvalue weighted by atomic mass is 10.2. The lowest BCUT2D eigenvalue weighted by Crippen LogP contribution is -2.50. The van der Waals surface area contributed by atoms with Gasteiger partial charge < -0.3 is 4.90 Å². The molecule has 1 aliphatic heterocycles. The summed E-state index contributed by atoms with van der Waals surface area (Å²) in [5.41, 5.74) is 0.303. The summed E-state index contributed by atoms with van der Waals surface area (Å²) in [4.78, 5) is 44.6. The van der Waals surface area contributed by atoms with Crippen molar-refractivity contribution in [3.8, 4) is 0 Å². The third-order valence-electron chi connectivity index (χ3n) is 4.53. The van der Waals surface area contributed by atoms with Crippen LogP contribution in [0.15, 0.2) is 40.2 Å². The Morgan fingerprint density at radius 2 is 1.84 bits per heavy atom. The maximum Gasteiger partial charge on any atom is 0.331 e. The molecule has 2 aromatic heterocycles. The maximum absolute atomic E-state index is 12.7. The molecule has 0 spiro atoms. The number of nitrogens with zero attached hydrogens (tertiary/aromatic N) is 5. The maximum atomic E-state index is 12.7. The van der Waals surface area contributed by atoms with Crippen LogP contribution in [0.5, 0.6) is 0 Å². The third kappa shape index (κ3) is 3.53. The van der Waals surface area contributed by atoms with Crippen LogP contribution in [0.4, 0.5) is 0 Å². The SMILES string of the molecule is Cn1c(C(=O)N2CCN(Cc3cccnc3)CC2)cc(=O)n(C)c1=O. The number of amides is 1. The highest BCUT2D eigenvalue weighted by Crippen LogP contribution is 2.10. The summed E-state index contributed by atoms with van der Waals surface area (Å²) in [5, 5.41) is 0. The number of carbonyl (C=O) groups is 1. The monoisotopic (exact) mass is 343 g/mol. The topological polar surface area (TPSA) is 80.4 Å². The molecule has 1 amide bonds. The van der Waals surface area contributed by atoms with Gasteiger partial charge in [0.05, 0.1) is 0 Å². The minimum Gasteiger partial charge on any atom is -0.335 e. The molecule has 0 saturated carbocycles. The fourth-order valence-electron chi connectivity index (χ4n) is 2.96. The van der Waals surface area contributed by atoms with Crippen LogP contribution in [0.1, 0.15) is 16.1 Å². The average Bonchev–Trinajstić information content (AvgIpc) is 2.64. The first-order valence-corrected chi connectivity index (χ1v) is 8.15. The predicted octanol–water partition coefficient (Wildman–Crippen LogP) is -0.563. The minimum absolute atomic E-state index is 0.133. The second-order valence-electron chi connectivity index (χ2n) is 6.20. The van der Waals surface area contributed by atoms with E-state index in [0.29, 0.717) is 13.1 Å². The summed E-state index contributed by atoms with van der Waals surface area (Å²) in [5.74, 6) is -0.279. The molecule has 0 bridgehead atoms. The van der Waals surface area contributed by atoms with Crippen LogP contribution in [0.3, 0.4) is 0 Å².